The summed E-state index contributed by atoms with van der Waals surface area (Å²) >= 11 is 6.39. The van der Waals surface area contributed by atoms with Crippen LogP contribution in [0.15, 0.2) is 18.2 Å². The van der Waals surface area contributed by atoms with Crippen molar-refractivity contribution in [3.8, 4) is 0 Å². The number of hydrogen-bond donors (Lipinski definition) is 1. The second kappa shape index (κ2) is 5.91. The highest BCUT2D eigenvalue weighted by Crippen LogP contribution is 2.31. The molecule has 2 atom stereocenters. The lowest BCUT2D eigenvalue weighted by Crippen LogP contribution is -2.45. The molecule has 0 amide bonds. The van der Waals surface area contributed by atoms with Crippen molar-refractivity contribution in [1.29, 1.82) is 0 Å². The number of morpholine rings is 1. The molecule has 2 unspecified atom stereocenters. The van der Waals surface area contributed by atoms with Crippen LogP contribution in [-0.4, -0.2) is 25.8 Å². The second-order valence-corrected chi connectivity index (χ2v) is 5.24. The molecule has 0 radical (unpaired) electrons. The zero-order chi connectivity index (χ0) is 13.1. The van der Waals surface area contributed by atoms with E-state index < -0.39 is 0 Å². The zero-order valence-electron chi connectivity index (χ0n) is 11.0. The van der Waals surface area contributed by atoms with Gasteiger partial charge in [-0.3, -0.25) is 0 Å². The lowest BCUT2D eigenvalue weighted by atomic mass is 10.1. The summed E-state index contributed by atoms with van der Waals surface area (Å²) in [6.07, 6.45) is 1.06. The van der Waals surface area contributed by atoms with Crippen molar-refractivity contribution in [2.75, 3.05) is 24.7 Å². The van der Waals surface area contributed by atoms with Gasteiger partial charge in [-0.05, 0) is 31.0 Å². The largest absolute Gasteiger partial charge is 0.377 e. The standard InChI is InChI=1S/C14H21ClN2O/c1-3-12-9-18-7-6-17(12)14-5-4-11(10(2)16)8-13(14)15/h4-5,8,10,12H,3,6-7,9,16H2,1-2H3. The number of ether oxygens (including phenoxy) is 1. The summed E-state index contributed by atoms with van der Waals surface area (Å²) in [5.41, 5.74) is 8.04. The molecule has 2 N–H and O–H groups in total. The highest BCUT2D eigenvalue weighted by Gasteiger charge is 2.23. The first-order valence-electron chi connectivity index (χ1n) is 6.53. The number of hydrogen-bond acceptors (Lipinski definition) is 3. The van der Waals surface area contributed by atoms with Gasteiger partial charge >= 0.3 is 0 Å². The molecule has 0 bridgehead atoms. The monoisotopic (exact) mass is 268 g/mol. The van der Waals surface area contributed by atoms with E-state index in [1.807, 2.05) is 13.0 Å². The van der Waals surface area contributed by atoms with Crippen LogP contribution in [-0.2, 0) is 4.74 Å². The zero-order valence-corrected chi connectivity index (χ0v) is 11.8. The summed E-state index contributed by atoms with van der Waals surface area (Å²) in [5.74, 6) is 0. The number of anilines is 1. The van der Waals surface area contributed by atoms with Crippen LogP contribution in [0.3, 0.4) is 0 Å². The van der Waals surface area contributed by atoms with Gasteiger partial charge in [-0.1, -0.05) is 24.6 Å². The van der Waals surface area contributed by atoms with Crippen molar-refractivity contribution < 1.29 is 4.74 Å². The van der Waals surface area contributed by atoms with E-state index in [1.54, 1.807) is 0 Å². The molecule has 3 nitrogen and oxygen atoms in total. The molecule has 1 aliphatic rings. The molecule has 4 heteroatoms. The van der Waals surface area contributed by atoms with Crippen LogP contribution in [0.1, 0.15) is 31.9 Å². The molecule has 0 aromatic heterocycles. The number of halogens is 1. The third-order valence-electron chi connectivity index (χ3n) is 3.51. The average molecular weight is 269 g/mol. The molecule has 1 aromatic carbocycles. The smallest absolute Gasteiger partial charge is 0.0670 e. The van der Waals surface area contributed by atoms with Gasteiger partial charge < -0.3 is 15.4 Å². The summed E-state index contributed by atoms with van der Waals surface area (Å²) in [6, 6.07) is 6.55. The Labute approximate surface area is 114 Å². The highest BCUT2D eigenvalue weighted by molar-refractivity contribution is 6.33. The van der Waals surface area contributed by atoms with Crippen molar-refractivity contribution in [3.05, 3.63) is 28.8 Å². The SMILES string of the molecule is CCC1COCCN1c1ccc(C(C)N)cc1Cl. The van der Waals surface area contributed by atoms with E-state index in [0.717, 1.165) is 42.5 Å². The molecule has 2 rings (SSSR count). The lowest BCUT2D eigenvalue weighted by molar-refractivity contribution is 0.0930. The minimum atomic E-state index is 0.0169. The van der Waals surface area contributed by atoms with Crippen LogP contribution in [0.2, 0.25) is 5.02 Å². The predicted molar refractivity (Wildman–Crippen MR) is 76.3 cm³/mol. The Balaban J connectivity index is 2.26. The maximum atomic E-state index is 6.39. The van der Waals surface area contributed by atoms with E-state index in [4.69, 9.17) is 22.1 Å². The van der Waals surface area contributed by atoms with Crippen LogP contribution >= 0.6 is 11.6 Å². The summed E-state index contributed by atoms with van der Waals surface area (Å²) in [6.45, 7) is 6.59. The predicted octanol–water partition coefficient (Wildman–Crippen LogP) is 2.97. The van der Waals surface area contributed by atoms with Gasteiger partial charge in [0.1, 0.15) is 0 Å². The molecule has 100 valence electrons. The molecule has 18 heavy (non-hydrogen) atoms. The topological polar surface area (TPSA) is 38.5 Å². The molecule has 1 heterocycles. The molecule has 1 fully saturated rings. The van der Waals surface area contributed by atoms with E-state index in [-0.39, 0.29) is 6.04 Å². The van der Waals surface area contributed by atoms with Gasteiger partial charge in [0, 0.05) is 12.6 Å². The molecule has 0 spiro atoms. The van der Waals surface area contributed by atoms with Crippen LogP contribution in [0.25, 0.3) is 0 Å². The van der Waals surface area contributed by atoms with Crippen molar-refractivity contribution in [2.24, 2.45) is 5.73 Å². The first-order valence-corrected chi connectivity index (χ1v) is 6.90. The fourth-order valence-electron chi connectivity index (χ4n) is 2.35. The van der Waals surface area contributed by atoms with Gasteiger partial charge in [-0.25, -0.2) is 0 Å². The molecule has 1 aliphatic heterocycles. The Bertz CT molecular complexity index is 409. The van der Waals surface area contributed by atoms with Crippen molar-refractivity contribution in [2.45, 2.75) is 32.4 Å². The molecular formula is C14H21ClN2O. The summed E-state index contributed by atoms with van der Waals surface area (Å²) in [4.78, 5) is 2.34. The fourth-order valence-corrected chi connectivity index (χ4v) is 2.65. The van der Waals surface area contributed by atoms with Gasteiger partial charge in [0.05, 0.1) is 30.0 Å². The third kappa shape index (κ3) is 2.79. The van der Waals surface area contributed by atoms with Crippen LogP contribution in [0.5, 0.6) is 0 Å². The Morgan fingerprint density at radius 3 is 2.94 bits per heavy atom. The van der Waals surface area contributed by atoms with Crippen molar-refractivity contribution in [3.63, 3.8) is 0 Å². The summed E-state index contributed by atoms with van der Waals surface area (Å²) in [5, 5.41) is 0.783. The van der Waals surface area contributed by atoms with Crippen LogP contribution < -0.4 is 10.6 Å². The number of benzene rings is 1. The van der Waals surface area contributed by atoms with Gasteiger partial charge in [0.25, 0.3) is 0 Å². The van der Waals surface area contributed by atoms with E-state index in [2.05, 4.69) is 24.0 Å². The second-order valence-electron chi connectivity index (χ2n) is 4.83. The highest BCUT2D eigenvalue weighted by atomic mass is 35.5. The molecule has 0 aliphatic carbocycles. The first kappa shape index (κ1) is 13.7. The van der Waals surface area contributed by atoms with E-state index in [9.17, 15) is 0 Å². The van der Waals surface area contributed by atoms with E-state index in [0.29, 0.717) is 6.04 Å². The average Bonchev–Trinajstić information content (AvgIpc) is 2.38. The Kier molecular flexibility index (Phi) is 4.49. The minimum Gasteiger partial charge on any atom is -0.377 e. The Morgan fingerprint density at radius 2 is 2.33 bits per heavy atom. The van der Waals surface area contributed by atoms with Crippen molar-refractivity contribution >= 4 is 17.3 Å². The van der Waals surface area contributed by atoms with E-state index >= 15 is 0 Å². The molecule has 1 aromatic rings. The summed E-state index contributed by atoms with van der Waals surface area (Å²) in [7, 11) is 0. The van der Waals surface area contributed by atoms with Crippen molar-refractivity contribution in [1.82, 2.24) is 0 Å². The number of rotatable bonds is 3. The number of nitrogens with zero attached hydrogens (tertiary/aromatic N) is 1. The molecule has 0 saturated carbocycles. The maximum absolute atomic E-state index is 6.39. The van der Waals surface area contributed by atoms with Gasteiger partial charge in [0.2, 0.25) is 0 Å². The van der Waals surface area contributed by atoms with E-state index in [1.165, 1.54) is 0 Å². The summed E-state index contributed by atoms with van der Waals surface area (Å²) < 4.78 is 5.52. The molecule has 1 saturated heterocycles. The first-order chi connectivity index (χ1) is 8.63. The quantitative estimate of drug-likeness (QED) is 0.916. The molecular weight excluding hydrogens is 248 g/mol. The Hall–Kier alpha value is -0.770. The fraction of sp³-hybridized carbons (Fsp3) is 0.571. The maximum Gasteiger partial charge on any atom is 0.0670 e. The lowest BCUT2D eigenvalue weighted by Gasteiger charge is -2.37. The van der Waals surface area contributed by atoms with Gasteiger partial charge in [-0.2, -0.15) is 0 Å². The number of nitrogens with two attached hydrogens (primary N) is 1. The third-order valence-corrected chi connectivity index (χ3v) is 3.81. The van der Waals surface area contributed by atoms with Gasteiger partial charge in [0.15, 0.2) is 0 Å². The van der Waals surface area contributed by atoms with Crippen LogP contribution in [0.4, 0.5) is 5.69 Å². The Morgan fingerprint density at radius 1 is 1.56 bits per heavy atom. The minimum absolute atomic E-state index is 0.0169. The normalized spacial score (nSPS) is 22.0. The van der Waals surface area contributed by atoms with Gasteiger partial charge in [-0.15, -0.1) is 0 Å². The van der Waals surface area contributed by atoms with Crippen LogP contribution in [0, 0.1) is 0 Å².